The van der Waals surface area contributed by atoms with Gasteiger partial charge < -0.3 is 10.0 Å². The Morgan fingerprint density at radius 3 is 2.38 bits per heavy atom. The highest BCUT2D eigenvalue weighted by Gasteiger charge is 2.49. The van der Waals surface area contributed by atoms with Crippen molar-refractivity contribution in [3.05, 3.63) is 17.0 Å². The van der Waals surface area contributed by atoms with Crippen LogP contribution >= 0.6 is 0 Å². The van der Waals surface area contributed by atoms with Crippen molar-refractivity contribution in [1.29, 1.82) is 0 Å². The molecule has 0 radical (unpaired) electrons. The van der Waals surface area contributed by atoms with Gasteiger partial charge in [-0.2, -0.15) is 5.10 Å². The van der Waals surface area contributed by atoms with Gasteiger partial charge in [-0.15, -0.1) is 0 Å². The van der Waals surface area contributed by atoms with Crippen molar-refractivity contribution in [2.24, 2.45) is 5.41 Å². The van der Waals surface area contributed by atoms with Crippen molar-refractivity contribution in [3.8, 4) is 0 Å². The van der Waals surface area contributed by atoms with E-state index in [1.54, 1.807) is 4.90 Å². The van der Waals surface area contributed by atoms with E-state index in [-0.39, 0.29) is 11.3 Å². The fourth-order valence-electron chi connectivity index (χ4n) is 4.65. The normalized spacial score (nSPS) is 22.9. The molecule has 2 saturated heterocycles. The number of rotatable bonds is 4. The first-order valence-corrected chi connectivity index (χ1v) is 9.51. The number of hydrogen-bond donors (Lipinski definition) is 1. The molecular weight excluding hydrogens is 332 g/mol. The van der Waals surface area contributed by atoms with Crippen LogP contribution in [-0.4, -0.2) is 62.2 Å². The summed E-state index contributed by atoms with van der Waals surface area (Å²) >= 11 is 0. The molecule has 0 bridgehead atoms. The van der Waals surface area contributed by atoms with Gasteiger partial charge in [0.05, 0.1) is 5.69 Å². The fraction of sp³-hybridized carbons (Fsp3) is 0.737. The molecule has 0 aliphatic carbocycles. The molecule has 2 aliphatic heterocycles. The number of carboxylic acid groups (broad SMARTS) is 1. The van der Waals surface area contributed by atoms with Gasteiger partial charge in [-0.3, -0.25) is 14.4 Å². The average Bonchev–Trinajstić information content (AvgIpc) is 3.10. The highest BCUT2D eigenvalue weighted by molar-refractivity contribution is 5.83. The van der Waals surface area contributed by atoms with Crippen LogP contribution in [0.15, 0.2) is 0 Å². The number of aliphatic carboxylic acids is 1. The lowest BCUT2D eigenvalue weighted by molar-refractivity contribution is -0.147. The van der Waals surface area contributed by atoms with Gasteiger partial charge in [0, 0.05) is 37.8 Å². The molecule has 1 unspecified atom stereocenters. The number of carbonyl (C=O) groups excluding carboxylic acids is 1. The standard InChI is InChI=1S/C19H30N4O3/c1-5-23-14(3)16(13(2)20-23)11-21-8-6-19(7-9-21)10-17(18(25)26)22(12-19)15(4)24/h17H,5-12H2,1-4H3,(H,25,26). The largest absolute Gasteiger partial charge is 0.480 e. The van der Waals surface area contributed by atoms with Gasteiger partial charge in [-0.05, 0) is 58.5 Å². The summed E-state index contributed by atoms with van der Waals surface area (Å²) in [6.07, 6.45) is 2.47. The highest BCUT2D eigenvalue weighted by Crippen LogP contribution is 2.43. The Bertz CT molecular complexity index is 680. The van der Waals surface area contributed by atoms with Crippen LogP contribution in [0.3, 0.4) is 0 Å². The quantitative estimate of drug-likeness (QED) is 0.884. The zero-order valence-electron chi connectivity index (χ0n) is 16.3. The van der Waals surface area contributed by atoms with E-state index in [0.717, 1.165) is 44.7 Å². The first-order chi connectivity index (χ1) is 12.3. The minimum absolute atomic E-state index is 0.0388. The summed E-state index contributed by atoms with van der Waals surface area (Å²) in [6, 6.07) is -0.661. The number of hydrogen-bond acceptors (Lipinski definition) is 4. The molecule has 1 N–H and O–H groups in total. The number of carbonyl (C=O) groups is 2. The first-order valence-electron chi connectivity index (χ1n) is 9.51. The van der Waals surface area contributed by atoms with Gasteiger partial charge in [-0.25, -0.2) is 4.79 Å². The summed E-state index contributed by atoms with van der Waals surface area (Å²) in [4.78, 5) is 27.4. The molecule has 0 aromatic carbocycles. The number of amides is 1. The lowest BCUT2D eigenvalue weighted by Crippen LogP contribution is -2.42. The van der Waals surface area contributed by atoms with Crippen LogP contribution < -0.4 is 0 Å². The summed E-state index contributed by atoms with van der Waals surface area (Å²) in [5.41, 5.74) is 3.60. The third-order valence-corrected chi connectivity index (χ3v) is 6.33. The Kier molecular flexibility index (Phi) is 5.10. The average molecular weight is 362 g/mol. The smallest absolute Gasteiger partial charge is 0.326 e. The Morgan fingerprint density at radius 2 is 1.92 bits per heavy atom. The van der Waals surface area contributed by atoms with Crippen LogP contribution in [-0.2, 0) is 22.7 Å². The van der Waals surface area contributed by atoms with Crippen LogP contribution in [0, 0.1) is 19.3 Å². The number of likely N-dealkylation sites (tertiary alicyclic amines) is 2. The van der Waals surface area contributed by atoms with Gasteiger partial charge in [0.2, 0.25) is 5.91 Å². The number of aromatic nitrogens is 2. The third-order valence-electron chi connectivity index (χ3n) is 6.33. The van der Waals surface area contributed by atoms with Crippen LogP contribution in [0.1, 0.15) is 50.1 Å². The molecule has 1 aromatic heterocycles. The van der Waals surface area contributed by atoms with Gasteiger partial charge in [0.1, 0.15) is 6.04 Å². The summed E-state index contributed by atoms with van der Waals surface area (Å²) in [5.74, 6) is -1.01. The predicted molar refractivity (Wildman–Crippen MR) is 97.7 cm³/mol. The van der Waals surface area contributed by atoms with Crippen molar-refractivity contribution in [1.82, 2.24) is 19.6 Å². The van der Waals surface area contributed by atoms with E-state index >= 15 is 0 Å². The SMILES string of the molecule is CCn1nc(C)c(CN2CCC3(CC2)CC(C(=O)O)N(C(C)=O)C3)c1C. The lowest BCUT2D eigenvalue weighted by Gasteiger charge is -2.39. The molecule has 0 saturated carbocycles. The van der Waals surface area contributed by atoms with Crippen LogP contribution in [0.4, 0.5) is 0 Å². The Balaban J connectivity index is 1.65. The highest BCUT2D eigenvalue weighted by atomic mass is 16.4. The first kappa shape index (κ1) is 18.9. The minimum Gasteiger partial charge on any atom is -0.480 e. The fourth-order valence-corrected chi connectivity index (χ4v) is 4.65. The van der Waals surface area contributed by atoms with E-state index in [0.29, 0.717) is 13.0 Å². The second-order valence-corrected chi connectivity index (χ2v) is 7.95. The number of piperidine rings is 1. The lowest BCUT2D eigenvalue weighted by atomic mass is 9.76. The van der Waals surface area contributed by atoms with Crippen LogP contribution in [0.25, 0.3) is 0 Å². The third kappa shape index (κ3) is 3.37. The van der Waals surface area contributed by atoms with Crippen molar-refractivity contribution in [3.63, 3.8) is 0 Å². The monoisotopic (exact) mass is 362 g/mol. The van der Waals surface area contributed by atoms with Crippen molar-refractivity contribution in [2.45, 2.75) is 66.1 Å². The molecule has 26 heavy (non-hydrogen) atoms. The van der Waals surface area contributed by atoms with Gasteiger partial charge >= 0.3 is 5.97 Å². The molecule has 3 rings (SSSR count). The molecule has 1 amide bonds. The van der Waals surface area contributed by atoms with Gasteiger partial charge in [0.15, 0.2) is 0 Å². The molecule has 1 atom stereocenters. The van der Waals surface area contributed by atoms with Crippen LogP contribution in [0.5, 0.6) is 0 Å². The second kappa shape index (κ2) is 7.02. The van der Waals surface area contributed by atoms with Crippen LogP contribution in [0.2, 0.25) is 0 Å². The van der Waals surface area contributed by atoms with Crippen molar-refractivity contribution in [2.75, 3.05) is 19.6 Å². The second-order valence-electron chi connectivity index (χ2n) is 7.95. The summed E-state index contributed by atoms with van der Waals surface area (Å²) in [5, 5.41) is 14.1. The van der Waals surface area contributed by atoms with E-state index < -0.39 is 12.0 Å². The molecule has 7 nitrogen and oxygen atoms in total. The van der Waals surface area contributed by atoms with Gasteiger partial charge in [0.25, 0.3) is 0 Å². The number of carboxylic acids is 1. The Labute approximate surface area is 155 Å². The van der Waals surface area contributed by atoms with Crippen molar-refractivity contribution < 1.29 is 14.7 Å². The summed E-state index contributed by atoms with van der Waals surface area (Å²) in [7, 11) is 0. The van der Waals surface area contributed by atoms with Gasteiger partial charge in [-0.1, -0.05) is 0 Å². The van der Waals surface area contributed by atoms with E-state index in [1.807, 2.05) is 0 Å². The molecule has 2 aliphatic rings. The molecule has 1 spiro atoms. The molecule has 144 valence electrons. The molecular formula is C19H30N4O3. The molecule has 2 fully saturated rings. The zero-order chi connectivity index (χ0) is 19.1. The maximum absolute atomic E-state index is 11.8. The zero-order valence-corrected chi connectivity index (χ0v) is 16.3. The molecule has 3 heterocycles. The topological polar surface area (TPSA) is 78.7 Å². The number of aryl methyl sites for hydroxylation is 2. The van der Waals surface area contributed by atoms with Crippen molar-refractivity contribution >= 4 is 11.9 Å². The molecule has 1 aromatic rings. The van der Waals surface area contributed by atoms with E-state index in [2.05, 4.69) is 35.5 Å². The number of nitrogens with zero attached hydrogens (tertiary/aromatic N) is 4. The minimum atomic E-state index is -0.877. The summed E-state index contributed by atoms with van der Waals surface area (Å²) in [6.45, 7) is 12.0. The van der Waals surface area contributed by atoms with E-state index in [1.165, 1.54) is 18.2 Å². The van der Waals surface area contributed by atoms with E-state index in [9.17, 15) is 14.7 Å². The molecule has 7 heteroatoms. The maximum Gasteiger partial charge on any atom is 0.326 e. The van der Waals surface area contributed by atoms with E-state index in [4.69, 9.17) is 0 Å². The Morgan fingerprint density at radius 1 is 1.27 bits per heavy atom. The maximum atomic E-state index is 11.8. The predicted octanol–water partition coefficient (Wildman–Crippen LogP) is 1.81. The Hall–Kier alpha value is -1.89. The summed E-state index contributed by atoms with van der Waals surface area (Å²) < 4.78 is 2.05.